The monoisotopic (exact) mass is 263 g/mol. The van der Waals surface area contributed by atoms with Crippen molar-refractivity contribution in [3.63, 3.8) is 0 Å². The molecule has 0 aromatic carbocycles. The molecule has 5 nitrogen and oxygen atoms in total. The van der Waals surface area contributed by atoms with Crippen molar-refractivity contribution in [1.29, 1.82) is 0 Å². The molecule has 0 bridgehead atoms. The molecule has 1 aliphatic rings. The van der Waals surface area contributed by atoms with E-state index in [9.17, 15) is 4.79 Å². The van der Waals surface area contributed by atoms with Gasteiger partial charge in [-0.3, -0.25) is 4.79 Å². The number of aryl methyl sites for hydroxylation is 1. The number of ether oxygens (including phenoxy) is 1. The summed E-state index contributed by atoms with van der Waals surface area (Å²) in [5.74, 6) is 0.611. The number of carbonyl (C=O) groups excluding carboxylic acids is 1. The maximum absolute atomic E-state index is 11.5. The molecule has 0 aliphatic heterocycles. The van der Waals surface area contributed by atoms with Crippen LogP contribution >= 0.6 is 0 Å². The number of anilines is 1. The molecule has 1 aromatic heterocycles. The summed E-state index contributed by atoms with van der Waals surface area (Å²) in [6.07, 6.45) is 6.08. The normalized spacial score (nSPS) is 15.5. The van der Waals surface area contributed by atoms with Gasteiger partial charge < -0.3 is 9.64 Å². The highest BCUT2D eigenvalue weighted by Gasteiger charge is 2.21. The van der Waals surface area contributed by atoms with Crippen molar-refractivity contribution in [2.24, 2.45) is 5.92 Å². The van der Waals surface area contributed by atoms with Crippen LogP contribution in [0.5, 0.6) is 0 Å². The Morgan fingerprint density at radius 2 is 2.16 bits per heavy atom. The molecule has 1 atom stereocenters. The Labute approximate surface area is 114 Å². The van der Waals surface area contributed by atoms with E-state index in [0.29, 0.717) is 6.54 Å². The lowest BCUT2D eigenvalue weighted by molar-refractivity contribution is -0.144. The first kappa shape index (κ1) is 13.8. The van der Waals surface area contributed by atoms with Crippen LogP contribution in [0.3, 0.4) is 0 Å². The largest absolute Gasteiger partial charge is 0.469 e. The van der Waals surface area contributed by atoms with E-state index < -0.39 is 0 Å². The van der Waals surface area contributed by atoms with Gasteiger partial charge in [0.15, 0.2) is 0 Å². The van der Waals surface area contributed by atoms with Crippen LogP contribution < -0.4 is 4.90 Å². The van der Waals surface area contributed by atoms with E-state index in [1.54, 1.807) is 6.33 Å². The molecule has 0 amide bonds. The van der Waals surface area contributed by atoms with E-state index in [1.165, 1.54) is 25.5 Å². The Bertz CT molecular complexity index is 462. The summed E-state index contributed by atoms with van der Waals surface area (Å²) in [7, 11) is 3.39. The Balaban J connectivity index is 2.15. The number of nitrogens with zero attached hydrogens (tertiary/aromatic N) is 3. The highest BCUT2D eigenvalue weighted by molar-refractivity contribution is 5.72. The average Bonchev–Trinajstić information content (AvgIpc) is 2.45. The van der Waals surface area contributed by atoms with Crippen molar-refractivity contribution in [2.45, 2.75) is 32.6 Å². The molecule has 0 saturated carbocycles. The number of esters is 1. The van der Waals surface area contributed by atoms with Crippen LogP contribution in [0.25, 0.3) is 0 Å². The van der Waals surface area contributed by atoms with Crippen molar-refractivity contribution in [3.05, 3.63) is 17.6 Å². The highest BCUT2D eigenvalue weighted by atomic mass is 16.5. The predicted octanol–water partition coefficient (Wildman–Crippen LogP) is 1.60. The second-order valence-corrected chi connectivity index (χ2v) is 5.13. The minimum atomic E-state index is -0.185. The summed E-state index contributed by atoms with van der Waals surface area (Å²) in [5.41, 5.74) is 2.40. The lowest BCUT2D eigenvalue weighted by Gasteiger charge is -2.26. The zero-order chi connectivity index (χ0) is 13.8. The Kier molecular flexibility index (Phi) is 4.35. The fraction of sp³-hybridized carbons (Fsp3) is 0.643. The van der Waals surface area contributed by atoms with Crippen LogP contribution in [0, 0.1) is 5.92 Å². The van der Waals surface area contributed by atoms with E-state index in [1.807, 2.05) is 18.9 Å². The SMILES string of the molecule is COC(=O)C(C)CN(C)c1ncnc2c1CCCC2. The Hall–Kier alpha value is -1.65. The third kappa shape index (κ3) is 3.03. The molecule has 1 heterocycles. The van der Waals surface area contributed by atoms with Crippen LogP contribution in [0.15, 0.2) is 6.33 Å². The van der Waals surface area contributed by atoms with Crippen molar-refractivity contribution >= 4 is 11.8 Å². The van der Waals surface area contributed by atoms with Crippen molar-refractivity contribution in [3.8, 4) is 0 Å². The first-order chi connectivity index (χ1) is 9.13. The van der Waals surface area contributed by atoms with Gasteiger partial charge in [-0.15, -0.1) is 0 Å². The van der Waals surface area contributed by atoms with Crippen molar-refractivity contribution in [2.75, 3.05) is 25.6 Å². The summed E-state index contributed by atoms with van der Waals surface area (Å²) in [4.78, 5) is 22.3. The van der Waals surface area contributed by atoms with Crippen LogP contribution in [0.1, 0.15) is 31.0 Å². The van der Waals surface area contributed by atoms with Gasteiger partial charge in [0.2, 0.25) is 0 Å². The van der Waals surface area contributed by atoms with Gasteiger partial charge in [0.25, 0.3) is 0 Å². The highest BCUT2D eigenvalue weighted by Crippen LogP contribution is 2.26. The van der Waals surface area contributed by atoms with Crippen molar-refractivity contribution in [1.82, 2.24) is 9.97 Å². The molecule has 1 aromatic rings. The zero-order valence-corrected chi connectivity index (χ0v) is 11.8. The molecule has 0 N–H and O–H groups in total. The third-order valence-corrected chi connectivity index (χ3v) is 3.62. The molecule has 2 rings (SSSR count). The summed E-state index contributed by atoms with van der Waals surface area (Å²) < 4.78 is 4.76. The van der Waals surface area contributed by atoms with Crippen LogP contribution in [-0.2, 0) is 22.4 Å². The molecule has 19 heavy (non-hydrogen) atoms. The number of carbonyl (C=O) groups is 1. The first-order valence-corrected chi connectivity index (χ1v) is 6.75. The second kappa shape index (κ2) is 5.99. The molecule has 0 spiro atoms. The van der Waals surface area contributed by atoms with E-state index in [0.717, 1.165) is 24.4 Å². The van der Waals surface area contributed by atoms with E-state index >= 15 is 0 Å². The maximum Gasteiger partial charge on any atom is 0.310 e. The molecule has 0 fully saturated rings. The number of rotatable bonds is 4. The van der Waals surface area contributed by atoms with Gasteiger partial charge in [0.1, 0.15) is 12.1 Å². The summed E-state index contributed by atoms with van der Waals surface area (Å²) in [6.45, 7) is 2.48. The molecular formula is C14H21N3O2. The standard InChI is InChI=1S/C14H21N3O2/c1-10(14(18)19-3)8-17(2)13-11-6-4-5-7-12(11)15-9-16-13/h9-10H,4-8H2,1-3H3. The smallest absolute Gasteiger partial charge is 0.310 e. The Morgan fingerprint density at radius 3 is 2.89 bits per heavy atom. The van der Waals surface area contributed by atoms with Crippen LogP contribution in [0.2, 0.25) is 0 Å². The summed E-state index contributed by atoms with van der Waals surface area (Å²) in [6, 6.07) is 0. The van der Waals surface area contributed by atoms with Crippen molar-refractivity contribution < 1.29 is 9.53 Å². The van der Waals surface area contributed by atoms with Crippen LogP contribution in [0.4, 0.5) is 5.82 Å². The quantitative estimate of drug-likeness (QED) is 0.772. The number of methoxy groups -OCH3 is 1. The fourth-order valence-electron chi connectivity index (χ4n) is 2.61. The zero-order valence-electron chi connectivity index (χ0n) is 11.8. The van der Waals surface area contributed by atoms with Gasteiger partial charge in [-0.25, -0.2) is 9.97 Å². The molecule has 0 saturated heterocycles. The van der Waals surface area contributed by atoms with E-state index in [4.69, 9.17) is 4.74 Å². The Morgan fingerprint density at radius 1 is 1.42 bits per heavy atom. The maximum atomic E-state index is 11.5. The lowest BCUT2D eigenvalue weighted by atomic mass is 9.96. The predicted molar refractivity (Wildman–Crippen MR) is 73.1 cm³/mol. The molecule has 104 valence electrons. The fourth-order valence-corrected chi connectivity index (χ4v) is 2.61. The number of aromatic nitrogens is 2. The van der Waals surface area contributed by atoms with E-state index in [-0.39, 0.29) is 11.9 Å². The summed E-state index contributed by atoms with van der Waals surface area (Å²) in [5, 5.41) is 0. The minimum Gasteiger partial charge on any atom is -0.469 e. The second-order valence-electron chi connectivity index (χ2n) is 5.13. The number of hydrogen-bond donors (Lipinski definition) is 0. The van der Waals surface area contributed by atoms with Gasteiger partial charge in [-0.05, 0) is 25.7 Å². The molecule has 1 aliphatic carbocycles. The van der Waals surface area contributed by atoms with Gasteiger partial charge in [-0.1, -0.05) is 6.92 Å². The summed E-state index contributed by atoms with van der Waals surface area (Å²) >= 11 is 0. The van der Waals surface area contributed by atoms with E-state index in [2.05, 4.69) is 9.97 Å². The van der Waals surface area contributed by atoms with Gasteiger partial charge in [0, 0.05) is 24.8 Å². The third-order valence-electron chi connectivity index (χ3n) is 3.62. The molecule has 0 radical (unpaired) electrons. The number of fused-ring (bicyclic) bond motifs is 1. The minimum absolute atomic E-state index is 0.163. The topological polar surface area (TPSA) is 55.3 Å². The van der Waals surface area contributed by atoms with Gasteiger partial charge in [-0.2, -0.15) is 0 Å². The molecule has 1 unspecified atom stereocenters. The van der Waals surface area contributed by atoms with Gasteiger partial charge in [0.05, 0.1) is 13.0 Å². The molecule has 5 heteroatoms. The van der Waals surface area contributed by atoms with Gasteiger partial charge >= 0.3 is 5.97 Å². The molecular weight excluding hydrogens is 242 g/mol. The first-order valence-electron chi connectivity index (χ1n) is 6.75. The van der Waals surface area contributed by atoms with Crippen LogP contribution in [-0.4, -0.2) is 36.6 Å². The lowest BCUT2D eigenvalue weighted by Crippen LogP contribution is -2.31. The average molecular weight is 263 g/mol. The number of hydrogen-bond acceptors (Lipinski definition) is 5.